The Hall–Kier alpha value is -3.06. The fourth-order valence-electron chi connectivity index (χ4n) is 5.77. The number of likely N-dealkylation sites (tertiary alicyclic amines) is 1. The highest BCUT2D eigenvalue weighted by molar-refractivity contribution is 7.86. The molecule has 2 heterocycles. The van der Waals surface area contributed by atoms with Crippen LogP contribution in [0.25, 0.3) is 11.0 Å². The fraction of sp³-hybridized carbons (Fsp3) is 0.516. The highest BCUT2D eigenvalue weighted by atomic mass is 32.2. The Bertz CT molecular complexity index is 1680. The van der Waals surface area contributed by atoms with E-state index in [1.54, 1.807) is 35.9 Å². The summed E-state index contributed by atoms with van der Waals surface area (Å²) in [5.41, 5.74) is 3.09. The van der Waals surface area contributed by atoms with Crippen molar-refractivity contribution in [2.45, 2.75) is 75.1 Å². The van der Waals surface area contributed by atoms with Crippen LogP contribution < -0.4 is 5.69 Å². The van der Waals surface area contributed by atoms with E-state index in [1.165, 1.54) is 4.57 Å². The first-order valence-corrected chi connectivity index (χ1v) is 20.0. The molecule has 0 radical (unpaired) electrons. The standard InChI is InChI=1S/C31H41N3O7SSi/c1-21-6-9-25(10-7-21)42(38,39)41-19-22-16-24(17-22)23-8-11-26-28(18-23)32(2)31(37)34(26)27-12-13-29(35)33(30(27)36)20-40-14-15-43(3,4)5/h6-11,18,22,24,27H,12-17,19-20H2,1-5H3/t22?,24?,27-/m0/s1. The molecule has 1 aliphatic heterocycles. The lowest BCUT2D eigenvalue weighted by Crippen LogP contribution is -2.48. The lowest BCUT2D eigenvalue weighted by atomic mass is 9.72. The normalized spacial score (nSPS) is 21.4. The van der Waals surface area contributed by atoms with Gasteiger partial charge in [0.05, 0.1) is 22.5 Å². The van der Waals surface area contributed by atoms with Crippen LogP contribution in [0.2, 0.25) is 25.7 Å². The van der Waals surface area contributed by atoms with Gasteiger partial charge in [-0.05, 0) is 73.9 Å². The largest absolute Gasteiger partial charge is 0.361 e. The summed E-state index contributed by atoms with van der Waals surface area (Å²) in [6.07, 6.45) is 1.98. The van der Waals surface area contributed by atoms with E-state index in [1.807, 2.05) is 25.1 Å². The molecule has 10 nitrogen and oxygen atoms in total. The Kier molecular flexibility index (Phi) is 8.86. The number of hydrogen-bond donors (Lipinski definition) is 0. The third-order valence-corrected chi connectivity index (χ3v) is 11.6. The molecule has 3 aromatic rings. The number of carbonyl (C=O) groups excluding carboxylic acids is 2. The van der Waals surface area contributed by atoms with Gasteiger partial charge in [-0.25, -0.2) is 4.79 Å². The Balaban J connectivity index is 1.25. The quantitative estimate of drug-likeness (QED) is 0.133. The number of fused-ring (bicyclic) bond motifs is 1. The second-order valence-corrected chi connectivity index (χ2v) is 20.3. The Morgan fingerprint density at radius 1 is 0.977 bits per heavy atom. The van der Waals surface area contributed by atoms with Crippen LogP contribution in [0, 0.1) is 12.8 Å². The smallest absolute Gasteiger partial charge is 0.329 e. The minimum atomic E-state index is -3.80. The van der Waals surface area contributed by atoms with Gasteiger partial charge < -0.3 is 4.74 Å². The van der Waals surface area contributed by atoms with E-state index in [0.717, 1.165) is 34.9 Å². The first kappa shape index (κ1) is 31.4. The van der Waals surface area contributed by atoms with Crippen LogP contribution in [-0.2, 0) is 35.7 Å². The number of hydrogen-bond acceptors (Lipinski definition) is 7. The number of rotatable bonds is 11. The van der Waals surface area contributed by atoms with E-state index in [4.69, 9.17) is 8.92 Å². The molecule has 1 saturated carbocycles. The third-order valence-electron chi connectivity index (χ3n) is 8.60. The third kappa shape index (κ3) is 6.72. The molecule has 0 bridgehead atoms. The highest BCUT2D eigenvalue weighted by Gasteiger charge is 2.38. The molecule has 0 N–H and O–H groups in total. The van der Waals surface area contributed by atoms with Crippen molar-refractivity contribution in [3.05, 3.63) is 64.1 Å². The van der Waals surface area contributed by atoms with Gasteiger partial charge in [-0.2, -0.15) is 8.42 Å². The number of piperidine rings is 1. The minimum Gasteiger partial charge on any atom is -0.361 e. The van der Waals surface area contributed by atoms with E-state index < -0.39 is 30.1 Å². The number of aromatic nitrogens is 2. The topological polar surface area (TPSA) is 117 Å². The zero-order chi connectivity index (χ0) is 31.1. The maximum Gasteiger partial charge on any atom is 0.329 e. The lowest BCUT2D eigenvalue weighted by Gasteiger charge is -2.35. The summed E-state index contributed by atoms with van der Waals surface area (Å²) in [5, 5.41) is 0. The predicted molar refractivity (Wildman–Crippen MR) is 166 cm³/mol. The van der Waals surface area contributed by atoms with Gasteiger partial charge >= 0.3 is 5.69 Å². The zero-order valence-corrected chi connectivity index (χ0v) is 27.4. The van der Waals surface area contributed by atoms with Crippen molar-refractivity contribution in [1.29, 1.82) is 0 Å². The van der Waals surface area contributed by atoms with Gasteiger partial charge in [0.15, 0.2) is 0 Å². The summed E-state index contributed by atoms with van der Waals surface area (Å²) in [5.74, 6) is -0.354. The monoisotopic (exact) mass is 627 g/mol. The molecular weight excluding hydrogens is 587 g/mol. The molecule has 5 rings (SSSR count). The molecule has 232 valence electrons. The number of imidazole rings is 1. The molecule has 1 aromatic heterocycles. The van der Waals surface area contributed by atoms with Crippen molar-refractivity contribution in [1.82, 2.24) is 14.0 Å². The van der Waals surface area contributed by atoms with Crippen molar-refractivity contribution in [3.8, 4) is 0 Å². The van der Waals surface area contributed by atoms with Crippen LogP contribution >= 0.6 is 0 Å². The average molecular weight is 628 g/mol. The molecule has 2 aromatic carbocycles. The number of aryl methyl sites for hydroxylation is 2. The van der Waals surface area contributed by atoms with E-state index >= 15 is 0 Å². The van der Waals surface area contributed by atoms with Gasteiger partial charge in [0.1, 0.15) is 12.8 Å². The van der Waals surface area contributed by atoms with E-state index in [2.05, 4.69) is 19.6 Å². The van der Waals surface area contributed by atoms with Crippen LogP contribution in [0.1, 0.15) is 48.8 Å². The Morgan fingerprint density at radius 2 is 1.67 bits per heavy atom. The Labute approximate surface area is 253 Å². The molecular formula is C31H41N3O7SSi. The SMILES string of the molecule is Cc1ccc(S(=O)(=O)OCC2CC(c3ccc4c(c3)n(C)c(=O)n4[C@H]3CCC(=O)N(COCC[Si](C)(C)C)C3=O)C2)cc1. The summed E-state index contributed by atoms with van der Waals surface area (Å²) in [4.78, 5) is 40.7. The second-order valence-electron chi connectivity index (χ2n) is 13.1. The molecule has 2 fully saturated rings. The van der Waals surface area contributed by atoms with E-state index in [-0.39, 0.29) is 54.5 Å². The van der Waals surface area contributed by atoms with E-state index in [9.17, 15) is 22.8 Å². The summed E-state index contributed by atoms with van der Waals surface area (Å²) >= 11 is 0. The van der Waals surface area contributed by atoms with Gasteiger partial charge in [-0.15, -0.1) is 0 Å². The maximum atomic E-state index is 13.4. The maximum absolute atomic E-state index is 13.4. The van der Waals surface area contributed by atoms with Crippen molar-refractivity contribution in [2.75, 3.05) is 19.9 Å². The van der Waals surface area contributed by atoms with Gasteiger partial charge in [0.25, 0.3) is 16.0 Å². The van der Waals surface area contributed by atoms with Gasteiger partial charge in [-0.3, -0.25) is 27.8 Å². The number of nitrogens with zero attached hydrogens (tertiary/aromatic N) is 3. The summed E-state index contributed by atoms with van der Waals surface area (Å²) in [6, 6.07) is 12.6. The summed E-state index contributed by atoms with van der Waals surface area (Å²) in [6.45, 7) is 9.13. The molecule has 0 spiro atoms. The summed E-state index contributed by atoms with van der Waals surface area (Å²) < 4.78 is 39.2. The predicted octanol–water partition coefficient (Wildman–Crippen LogP) is 4.55. The van der Waals surface area contributed by atoms with Gasteiger partial charge in [0.2, 0.25) is 5.91 Å². The highest BCUT2D eigenvalue weighted by Crippen LogP contribution is 2.43. The first-order chi connectivity index (χ1) is 20.2. The average Bonchev–Trinajstić information content (AvgIpc) is 3.16. The van der Waals surface area contributed by atoms with Crippen LogP contribution in [-0.4, -0.2) is 62.3 Å². The lowest BCUT2D eigenvalue weighted by molar-refractivity contribution is -0.157. The van der Waals surface area contributed by atoms with Gasteiger partial charge in [-0.1, -0.05) is 43.4 Å². The molecule has 2 aliphatic rings. The molecule has 0 unspecified atom stereocenters. The van der Waals surface area contributed by atoms with Crippen molar-refractivity contribution in [3.63, 3.8) is 0 Å². The number of carbonyl (C=O) groups is 2. The minimum absolute atomic E-state index is 0.0960. The Morgan fingerprint density at radius 3 is 2.35 bits per heavy atom. The fourth-order valence-corrected chi connectivity index (χ4v) is 7.50. The molecule has 12 heteroatoms. The number of imide groups is 1. The zero-order valence-electron chi connectivity index (χ0n) is 25.5. The molecule has 1 saturated heterocycles. The van der Waals surface area contributed by atoms with Gasteiger partial charge in [0, 0.05) is 28.1 Å². The van der Waals surface area contributed by atoms with Crippen molar-refractivity contribution in [2.24, 2.45) is 13.0 Å². The summed E-state index contributed by atoms with van der Waals surface area (Å²) in [7, 11) is -3.43. The second kappa shape index (κ2) is 12.1. The molecule has 43 heavy (non-hydrogen) atoms. The molecule has 2 amide bonds. The number of amides is 2. The van der Waals surface area contributed by atoms with Crippen LogP contribution in [0.4, 0.5) is 0 Å². The molecule has 1 atom stereocenters. The number of benzene rings is 2. The van der Waals surface area contributed by atoms with E-state index in [0.29, 0.717) is 17.6 Å². The first-order valence-electron chi connectivity index (χ1n) is 14.8. The van der Waals surface area contributed by atoms with Crippen LogP contribution in [0.15, 0.2) is 52.2 Å². The van der Waals surface area contributed by atoms with Crippen LogP contribution in [0.5, 0.6) is 0 Å². The van der Waals surface area contributed by atoms with Crippen LogP contribution in [0.3, 0.4) is 0 Å². The van der Waals surface area contributed by atoms with Crippen molar-refractivity contribution >= 4 is 41.0 Å². The molecule has 1 aliphatic carbocycles. The number of ether oxygens (including phenoxy) is 1. The van der Waals surface area contributed by atoms with Crippen molar-refractivity contribution < 1.29 is 26.9 Å².